The number of ketones is 1. The molecule has 0 bridgehead atoms. The molecule has 0 fully saturated rings. The van der Waals surface area contributed by atoms with Gasteiger partial charge in [0.15, 0.2) is 15.6 Å². The van der Waals surface area contributed by atoms with E-state index >= 15 is 0 Å². The first-order valence-corrected chi connectivity index (χ1v) is 11.5. The maximum absolute atomic E-state index is 12.9. The summed E-state index contributed by atoms with van der Waals surface area (Å²) in [6.07, 6.45) is 0.0194. The summed E-state index contributed by atoms with van der Waals surface area (Å²) in [5.74, 6) is -0.737. The second-order valence-corrected chi connectivity index (χ2v) is 9.75. The van der Waals surface area contributed by atoms with Gasteiger partial charge in [0.25, 0.3) is 5.69 Å². The van der Waals surface area contributed by atoms with Gasteiger partial charge in [0.2, 0.25) is 0 Å². The molecule has 3 aromatic carbocycles. The number of halogens is 2. The molecule has 0 aliphatic carbocycles. The van der Waals surface area contributed by atoms with Crippen LogP contribution in [0, 0.1) is 17.0 Å². The summed E-state index contributed by atoms with van der Waals surface area (Å²) < 4.78 is 25.7. The standard InChI is InChI=1S/C22H17Cl2NO5S/c1-14-9-15(10-20(23)22(14)24)11-21(26)19-8-3-2-5-16(19)13-31(29,30)18-7-4-6-17(12-18)25(27)28/h2-10,12H,11,13H2,1H3. The van der Waals surface area contributed by atoms with E-state index in [0.29, 0.717) is 21.2 Å². The fourth-order valence-electron chi connectivity index (χ4n) is 3.18. The average molecular weight is 478 g/mol. The topological polar surface area (TPSA) is 94.3 Å². The molecule has 0 radical (unpaired) electrons. The van der Waals surface area contributed by atoms with Gasteiger partial charge in [-0.15, -0.1) is 0 Å². The van der Waals surface area contributed by atoms with Gasteiger partial charge in [0.05, 0.1) is 25.6 Å². The van der Waals surface area contributed by atoms with Crippen LogP contribution in [0.25, 0.3) is 0 Å². The number of Topliss-reactive ketones (excluding diaryl/α,β-unsaturated/α-hetero) is 1. The Bertz CT molecular complexity index is 1270. The molecule has 0 N–H and O–H groups in total. The molecule has 0 aliphatic rings. The van der Waals surface area contributed by atoms with Crippen LogP contribution >= 0.6 is 23.2 Å². The van der Waals surface area contributed by atoms with Gasteiger partial charge in [-0.1, -0.05) is 59.6 Å². The number of nitro benzene ring substituents is 1. The minimum atomic E-state index is -3.91. The third kappa shape index (κ3) is 5.31. The Balaban J connectivity index is 1.90. The maximum atomic E-state index is 12.9. The lowest BCUT2D eigenvalue weighted by atomic mass is 9.98. The van der Waals surface area contributed by atoms with E-state index in [0.717, 1.165) is 11.6 Å². The smallest absolute Gasteiger partial charge is 0.270 e. The molecule has 3 aromatic rings. The monoisotopic (exact) mass is 477 g/mol. The molecular formula is C22H17Cl2NO5S. The van der Waals surface area contributed by atoms with Gasteiger partial charge in [-0.2, -0.15) is 0 Å². The normalized spacial score (nSPS) is 11.3. The van der Waals surface area contributed by atoms with Crippen molar-refractivity contribution in [3.8, 4) is 0 Å². The largest absolute Gasteiger partial charge is 0.294 e. The molecule has 0 amide bonds. The fourth-order valence-corrected chi connectivity index (χ4v) is 4.99. The number of non-ortho nitro benzene ring substituents is 1. The summed E-state index contributed by atoms with van der Waals surface area (Å²) in [6.45, 7) is 1.78. The molecular weight excluding hydrogens is 461 g/mol. The molecule has 0 spiro atoms. The quantitative estimate of drug-likeness (QED) is 0.250. The van der Waals surface area contributed by atoms with Crippen LogP contribution < -0.4 is 0 Å². The number of hydrogen-bond acceptors (Lipinski definition) is 5. The molecule has 0 unspecified atom stereocenters. The van der Waals surface area contributed by atoms with Crippen LogP contribution in [0.15, 0.2) is 65.6 Å². The highest BCUT2D eigenvalue weighted by Gasteiger charge is 2.22. The maximum Gasteiger partial charge on any atom is 0.270 e. The fraction of sp³-hybridized carbons (Fsp3) is 0.136. The number of rotatable bonds is 7. The number of aryl methyl sites for hydroxylation is 1. The lowest BCUT2D eigenvalue weighted by molar-refractivity contribution is -0.385. The molecule has 6 nitrogen and oxygen atoms in total. The van der Waals surface area contributed by atoms with Crippen molar-refractivity contribution in [2.75, 3.05) is 0 Å². The number of nitro groups is 1. The van der Waals surface area contributed by atoms with Gasteiger partial charge >= 0.3 is 0 Å². The second kappa shape index (κ2) is 9.18. The Kier molecular flexibility index (Phi) is 6.79. The predicted octanol–water partition coefficient (Wildman–Crippen LogP) is 5.61. The first-order valence-electron chi connectivity index (χ1n) is 9.11. The second-order valence-electron chi connectivity index (χ2n) is 6.98. The van der Waals surface area contributed by atoms with Gasteiger partial charge in [-0.05, 0) is 35.7 Å². The van der Waals surface area contributed by atoms with Crippen LogP contribution in [0.2, 0.25) is 10.0 Å². The lowest BCUT2D eigenvalue weighted by Gasteiger charge is -2.11. The number of nitrogens with zero attached hydrogens (tertiary/aromatic N) is 1. The Morgan fingerprint density at radius 2 is 1.74 bits per heavy atom. The van der Waals surface area contributed by atoms with Crippen LogP contribution in [0.4, 0.5) is 5.69 Å². The Morgan fingerprint density at radius 3 is 2.42 bits per heavy atom. The van der Waals surface area contributed by atoms with Crippen molar-refractivity contribution in [2.45, 2.75) is 24.0 Å². The predicted molar refractivity (Wildman–Crippen MR) is 120 cm³/mol. The molecule has 0 saturated carbocycles. The van der Waals surface area contributed by atoms with E-state index in [9.17, 15) is 23.3 Å². The van der Waals surface area contributed by atoms with Crippen molar-refractivity contribution in [3.63, 3.8) is 0 Å². The van der Waals surface area contributed by atoms with Crippen LogP contribution in [-0.4, -0.2) is 19.1 Å². The zero-order valence-electron chi connectivity index (χ0n) is 16.3. The van der Waals surface area contributed by atoms with Crippen LogP contribution in [0.5, 0.6) is 0 Å². The highest BCUT2D eigenvalue weighted by atomic mass is 35.5. The van der Waals surface area contributed by atoms with Gasteiger partial charge in [0.1, 0.15) is 0 Å². The van der Waals surface area contributed by atoms with Crippen molar-refractivity contribution in [1.29, 1.82) is 0 Å². The molecule has 3 rings (SSSR count). The van der Waals surface area contributed by atoms with E-state index < -0.39 is 20.5 Å². The lowest BCUT2D eigenvalue weighted by Crippen LogP contribution is -2.12. The number of hydrogen-bond donors (Lipinski definition) is 0. The van der Waals surface area contributed by atoms with E-state index in [1.165, 1.54) is 18.2 Å². The summed E-state index contributed by atoms with van der Waals surface area (Å²) in [7, 11) is -3.91. The molecule has 0 aliphatic heterocycles. The molecule has 0 atom stereocenters. The summed E-state index contributed by atoms with van der Waals surface area (Å²) in [5.41, 5.74) is 1.66. The molecule has 9 heteroatoms. The number of benzene rings is 3. The van der Waals surface area contributed by atoms with Crippen molar-refractivity contribution < 1.29 is 18.1 Å². The third-order valence-corrected chi connectivity index (χ3v) is 7.25. The Hall–Kier alpha value is -2.74. The number of sulfone groups is 1. The van der Waals surface area contributed by atoms with Gasteiger partial charge in [-0.3, -0.25) is 14.9 Å². The number of carbonyl (C=O) groups is 1. The van der Waals surface area contributed by atoms with E-state index in [1.54, 1.807) is 43.3 Å². The minimum absolute atomic E-state index is 0.0194. The van der Waals surface area contributed by atoms with Gasteiger partial charge < -0.3 is 0 Å². The minimum Gasteiger partial charge on any atom is -0.294 e. The zero-order chi connectivity index (χ0) is 22.8. The van der Waals surface area contributed by atoms with E-state index in [4.69, 9.17) is 23.2 Å². The summed E-state index contributed by atoms with van der Waals surface area (Å²) in [4.78, 5) is 23.1. The SMILES string of the molecule is Cc1cc(CC(=O)c2ccccc2CS(=O)(=O)c2cccc([N+](=O)[O-])c2)cc(Cl)c1Cl. The van der Waals surface area contributed by atoms with Gasteiger partial charge in [0, 0.05) is 24.1 Å². The highest BCUT2D eigenvalue weighted by molar-refractivity contribution is 7.90. The first kappa shape index (κ1) is 22.9. The highest BCUT2D eigenvalue weighted by Crippen LogP contribution is 2.28. The first-order chi connectivity index (χ1) is 14.6. The van der Waals surface area contributed by atoms with E-state index in [2.05, 4.69) is 0 Å². The zero-order valence-corrected chi connectivity index (χ0v) is 18.7. The van der Waals surface area contributed by atoms with E-state index in [-0.39, 0.29) is 28.4 Å². The Labute approximate surface area is 189 Å². The third-order valence-electron chi connectivity index (χ3n) is 4.69. The summed E-state index contributed by atoms with van der Waals surface area (Å²) in [5, 5.41) is 11.7. The molecule has 31 heavy (non-hydrogen) atoms. The van der Waals surface area contributed by atoms with Crippen molar-refractivity contribution in [1.82, 2.24) is 0 Å². The summed E-state index contributed by atoms with van der Waals surface area (Å²) >= 11 is 12.2. The summed E-state index contributed by atoms with van der Waals surface area (Å²) in [6, 6.07) is 14.6. The van der Waals surface area contributed by atoms with Crippen molar-refractivity contribution in [2.24, 2.45) is 0 Å². The Morgan fingerprint density at radius 1 is 1.03 bits per heavy atom. The van der Waals surface area contributed by atoms with Gasteiger partial charge in [-0.25, -0.2) is 8.42 Å². The number of carbonyl (C=O) groups excluding carboxylic acids is 1. The molecule has 160 valence electrons. The van der Waals surface area contributed by atoms with Crippen LogP contribution in [-0.2, 0) is 22.0 Å². The van der Waals surface area contributed by atoms with Crippen LogP contribution in [0.1, 0.15) is 27.0 Å². The van der Waals surface area contributed by atoms with E-state index in [1.807, 2.05) is 0 Å². The van der Waals surface area contributed by atoms with Crippen LogP contribution in [0.3, 0.4) is 0 Å². The van der Waals surface area contributed by atoms with Crippen molar-refractivity contribution in [3.05, 3.63) is 103 Å². The average Bonchev–Trinajstić information content (AvgIpc) is 2.72. The van der Waals surface area contributed by atoms with Crippen molar-refractivity contribution >= 4 is 44.5 Å². The molecule has 0 saturated heterocycles. The molecule has 0 aromatic heterocycles. The molecule has 0 heterocycles.